The van der Waals surface area contributed by atoms with Crippen molar-refractivity contribution < 1.29 is 33.3 Å². The molecule has 0 saturated carbocycles. The van der Waals surface area contributed by atoms with Crippen molar-refractivity contribution in [2.75, 3.05) is 33.8 Å². The monoisotopic (exact) mass is 399 g/mol. The molecule has 0 aromatic heterocycles. The van der Waals surface area contributed by atoms with Crippen LogP contribution in [-0.2, 0) is 14.3 Å². The van der Waals surface area contributed by atoms with E-state index in [0.717, 1.165) is 0 Å². The second-order valence-electron chi connectivity index (χ2n) is 5.75. The Bertz CT molecular complexity index is 894. The molecule has 29 heavy (non-hydrogen) atoms. The fourth-order valence-corrected chi connectivity index (χ4v) is 2.45. The molecule has 1 amide bonds. The van der Waals surface area contributed by atoms with Gasteiger partial charge in [0, 0.05) is 17.8 Å². The lowest BCUT2D eigenvalue weighted by molar-refractivity contribution is -0.111. The highest BCUT2D eigenvalue weighted by atomic mass is 16.5. The summed E-state index contributed by atoms with van der Waals surface area (Å²) in [6, 6.07) is 9.31. The lowest BCUT2D eigenvalue weighted by Gasteiger charge is -2.08. The van der Waals surface area contributed by atoms with Gasteiger partial charge in [0.2, 0.25) is 5.91 Å². The molecule has 0 radical (unpaired) electrons. The summed E-state index contributed by atoms with van der Waals surface area (Å²) in [5, 5.41) is 2.60. The highest BCUT2D eigenvalue weighted by molar-refractivity contribution is 6.04. The minimum absolute atomic E-state index is 0.104. The molecule has 0 bridgehead atoms. The third-order valence-corrected chi connectivity index (χ3v) is 3.84. The van der Waals surface area contributed by atoms with E-state index >= 15 is 0 Å². The number of anilines is 1. The first-order valence-electron chi connectivity index (χ1n) is 8.44. The first-order chi connectivity index (χ1) is 13.9. The van der Waals surface area contributed by atoms with Gasteiger partial charge < -0.3 is 24.3 Å². The molecular formula is C21H21NO7. The number of hydrogen-bond donors (Lipinski definition) is 1. The van der Waals surface area contributed by atoms with Crippen LogP contribution < -0.4 is 14.8 Å². The van der Waals surface area contributed by atoms with Crippen molar-refractivity contribution in [3.63, 3.8) is 0 Å². The van der Waals surface area contributed by atoms with Crippen molar-refractivity contribution >= 4 is 29.6 Å². The van der Waals surface area contributed by atoms with Crippen LogP contribution in [0.25, 0.3) is 6.08 Å². The standard InChI is InChI=1S/C21H21NO7/c1-26-17-7-13(8-18(12-17)27-2)5-6-19(23)22-16-10-14(20(24)28-3)9-15(11-16)21(25)29-4/h5-12H,1-4H3,(H,22,23). The third kappa shape index (κ3) is 5.83. The van der Waals surface area contributed by atoms with Crippen molar-refractivity contribution in [3.8, 4) is 11.5 Å². The molecule has 8 heteroatoms. The second kappa shape index (κ2) is 9.93. The average molecular weight is 399 g/mol. The van der Waals surface area contributed by atoms with Crippen LogP contribution in [0.5, 0.6) is 11.5 Å². The number of benzene rings is 2. The molecule has 0 saturated heterocycles. The predicted octanol–water partition coefficient (Wildman–Crippen LogP) is 2.93. The summed E-state index contributed by atoms with van der Waals surface area (Å²) in [7, 11) is 5.50. The Morgan fingerprint density at radius 1 is 0.759 bits per heavy atom. The van der Waals surface area contributed by atoms with Gasteiger partial charge >= 0.3 is 11.9 Å². The maximum absolute atomic E-state index is 12.3. The molecule has 0 aliphatic heterocycles. The second-order valence-corrected chi connectivity index (χ2v) is 5.75. The molecule has 0 aliphatic rings. The third-order valence-electron chi connectivity index (χ3n) is 3.84. The molecule has 0 atom stereocenters. The van der Waals surface area contributed by atoms with Crippen LogP contribution in [0.15, 0.2) is 42.5 Å². The summed E-state index contributed by atoms with van der Waals surface area (Å²) in [5.74, 6) is -0.601. The van der Waals surface area contributed by atoms with Gasteiger partial charge in [-0.05, 0) is 42.0 Å². The zero-order valence-corrected chi connectivity index (χ0v) is 16.5. The number of methoxy groups -OCH3 is 4. The first-order valence-corrected chi connectivity index (χ1v) is 8.44. The Morgan fingerprint density at radius 3 is 1.72 bits per heavy atom. The van der Waals surface area contributed by atoms with Gasteiger partial charge in [0.15, 0.2) is 0 Å². The van der Waals surface area contributed by atoms with Crippen LogP contribution in [0.4, 0.5) is 5.69 Å². The highest BCUT2D eigenvalue weighted by Gasteiger charge is 2.14. The summed E-state index contributed by atoms with van der Waals surface area (Å²) in [6.45, 7) is 0. The predicted molar refractivity (Wildman–Crippen MR) is 106 cm³/mol. The zero-order valence-electron chi connectivity index (χ0n) is 16.5. The van der Waals surface area contributed by atoms with Gasteiger partial charge in [0.1, 0.15) is 11.5 Å². The molecule has 0 fully saturated rings. The van der Waals surface area contributed by atoms with Gasteiger partial charge in [-0.25, -0.2) is 9.59 Å². The van der Waals surface area contributed by atoms with Crippen molar-refractivity contribution in [2.45, 2.75) is 0 Å². The number of carbonyl (C=O) groups is 3. The summed E-state index contributed by atoms with van der Waals surface area (Å²) >= 11 is 0. The summed E-state index contributed by atoms with van der Waals surface area (Å²) in [4.78, 5) is 35.9. The SMILES string of the molecule is COC(=O)c1cc(NC(=O)C=Cc2cc(OC)cc(OC)c2)cc(C(=O)OC)c1. The Balaban J connectivity index is 2.24. The summed E-state index contributed by atoms with van der Waals surface area (Å²) in [6.07, 6.45) is 2.88. The topological polar surface area (TPSA) is 100 Å². The molecule has 2 aromatic carbocycles. The van der Waals surface area contributed by atoms with E-state index in [4.69, 9.17) is 9.47 Å². The normalized spacial score (nSPS) is 10.3. The summed E-state index contributed by atoms with van der Waals surface area (Å²) < 4.78 is 19.7. The Kier molecular flexibility index (Phi) is 7.36. The van der Waals surface area contributed by atoms with E-state index in [2.05, 4.69) is 14.8 Å². The molecule has 0 heterocycles. The quantitative estimate of drug-likeness (QED) is 0.564. The maximum Gasteiger partial charge on any atom is 0.337 e. The largest absolute Gasteiger partial charge is 0.497 e. The Labute approximate surface area is 168 Å². The van der Waals surface area contributed by atoms with E-state index < -0.39 is 17.8 Å². The van der Waals surface area contributed by atoms with Crippen molar-refractivity contribution in [1.29, 1.82) is 0 Å². The highest BCUT2D eigenvalue weighted by Crippen LogP contribution is 2.23. The molecule has 0 spiro atoms. The van der Waals surface area contributed by atoms with Gasteiger partial charge in [-0.1, -0.05) is 0 Å². The van der Waals surface area contributed by atoms with Gasteiger partial charge in [-0.15, -0.1) is 0 Å². The van der Waals surface area contributed by atoms with Gasteiger partial charge in [0.05, 0.1) is 39.6 Å². The van der Waals surface area contributed by atoms with E-state index in [1.54, 1.807) is 24.3 Å². The molecule has 2 aromatic rings. The van der Waals surface area contributed by atoms with Gasteiger partial charge in [-0.2, -0.15) is 0 Å². The zero-order chi connectivity index (χ0) is 21.4. The number of ether oxygens (including phenoxy) is 4. The van der Waals surface area contributed by atoms with Crippen LogP contribution in [-0.4, -0.2) is 46.3 Å². The molecule has 152 valence electrons. The molecule has 2 rings (SSSR count). The number of rotatable bonds is 7. The number of carbonyl (C=O) groups excluding carboxylic acids is 3. The van der Waals surface area contributed by atoms with E-state index in [1.165, 1.54) is 52.7 Å². The Morgan fingerprint density at radius 2 is 1.28 bits per heavy atom. The van der Waals surface area contributed by atoms with Gasteiger partial charge in [-0.3, -0.25) is 4.79 Å². The molecule has 0 unspecified atom stereocenters. The lowest BCUT2D eigenvalue weighted by Crippen LogP contribution is -2.12. The smallest absolute Gasteiger partial charge is 0.337 e. The van der Waals surface area contributed by atoms with E-state index in [9.17, 15) is 14.4 Å². The van der Waals surface area contributed by atoms with Crippen molar-refractivity contribution in [1.82, 2.24) is 0 Å². The maximum atomic E-state index is 12.3. The molecule has 0 aliphatic carbocycles. The van der Waals surface area contributed by atoms with E-state index in [0.29, 0.717) is 17.1 Å². The minimum atomic E-state index is -0.648. The number of nitrogens with one attached hydrogen (secondary N) is 1. The van der Waals surface area contributed by atoms with Crippen LogP contribution in [0.3, 0.4) is 0 Å². The Hall–Kier alpha value is -3.81. The van der Waals surface area contributed by atoms with Crippen LogP contribution in [0, 0.1) is 0 Å². The minimum Gasteiger partial charge on any atom is -0.497 e. The fourth-order valence-electron chi connectivity index (χ4n) is 2.45. The molecule has 1 N–H and O–H groups in total. The lowest BCUT2D eigenvalue weighted by atomic mass is 10.1. The first kappa shape index (κ1) is 21.5. The summed E-state index contributed by atoms with van der Waals surface area (Å²) in [5.41, 5.74) is 1.14. The molecule has 8 nitrogen and oxygen atoms in total. The average Bonchev–Trinajstić information content (AvgIpc) is 2.75. The number of esters is 2. The number of hydrogen-bond acceptors (Lipinski definition) is 7. The van der Waals surface area contributed by atoms with Crippen molar-refractivity contribution in [2.24, 2.45) is 0 Å². The number of amides is 1. The van der Waals surface area contributed by atoms with Crippen molar-refractivity contribution in [3.05, 3.63) is 59.2 Å². The van der Waals surface area contributed by atoms with Crippen LogP contribution >= 0.6 is 0 Å². The van der Waals surface area contributed by atoms with Gasteiger partial charge in [0.25, 0.3) is 0 Å². The van der Waals surface area contributed by atoms with Crippen LogP contribution in [0.1, 0.15) is 26.3 Å². The van der Waals surface area contributed by atoms with E-state index in [-0.39, 0.29) is 16.8 Å². The van der Waals surface area contributed by atoms with Crippen LogP contribution in [0.2, 0.25) is 0 Å². The molecular weight excluding hydrogens is 378 g/mol. The fraction of sp³-hybridized carbons (Fsp3) is 0.190. The van der Waals surface area contributed by atoms with E-state index in [1.807, 2.05) is 0 Å².